The number of imide groups is 1. The molecule has 3 aliphatic rings. The van der Waals surface area contributed by atoms with Crippen LogP contribution in [0.5, 0.6) is 0 Å². The van der Waals surface area contributed by atoms with Crippen LogP contribution in [0.3, 0.4) is 0 Å². The van der Waals surface area contributed by atoms with Gasteiger partial charge in [0.1, 0.15) is 6.04 Å². The Hall–Kier alpha value is -2.74. The number of rotatable bonds is 3. The number of nitrogens with zero attached hydrogens (tertiary/aromatic N) is 2. The molecule has 6 rings (SSSR count). The maximum atomic E-state index is 14.0. The second-order valence-corrected chi connectivity index (χ2v) is 11.1. The number of ketones is 1. The normalized spacial score (nSPS) is 24.4. The number of anilines is 2. The summed E-state index contributed by atoms with van der Waals surface area (Å²) in [6.07, 6.45) is 3.87. The molecular formula is C27H17Br2ClN2O3. The zero-order chi connectivity index (χ0) is 24.4. The molecule has 0 aliphatic carbocycles. The predicted octanol–water partition coefficient (Wildman–Crippen LogP) is 6.14. The molecular weight excluding hydrogens is 596 g/mol. The molecule has 0 saturated carbocycles. The molecule has 0 bridgehead atoms. The van der Waals surface area contributed by atoms with Crippen LogP contribution in [-0.2, 0) is 9.59 Å². The van der Waals surface area contributed by atoms with E-state index in [-0.39, 0.29) is 17.6 Å². The van der Waals surface area contributed by atoms with Crippen LogP contribution < -0.4 is 9.80 Å². The number of halogens is 3. The van der Waals surface area contributed by atoms with Gasteiger partial charge >= 0.3 is 0 Å². The van der Waals surface area contributed by atoms with E-state index in [1.807, 2.05) is 23.1 Å². The van der Waals surface area contributed by atoms with Crippen LogP contribution in [0.25, 0.3) is 6.08 Å². The van der Waals surface area contributed by atoms with Crippen molar-refractivity contribution in [3.05, 3.63) is 97.9 Å². The van der Waals surface area contributed by atoms with Crippen LogP contribution in [0.1, 0.15) is 15.9 Å². The molecule has 174 valence electrons. The fraction of sp³-hybridized carbons (Fsp3) is 0.148. The highest BCUT2D eigenvalue weighted by molar-refractivity contribution is 9.10. The monoisotopic (exact) mass is 610 g/mol. The van der Waals surface area contributed by atoms with E-state index < -0.39 is 23.9 Å². The Balaban J connectivity index is 1.50. The summed E-state index contributed by atoms with van der Waals surface area (Å²) in [5, 5.41) is 0.527. The van der Waals surface area contributed by atoms with Crippen LogP contribution >= 0.6 is 43.5 Å². The first-order chi connectivity index (χ1) is 16.8. The number of hydrogen-bond acceptors (Lipinski definition) is 4. The summed E-state index contributed by atoms with van der Waals surface area (Å²) in [5.41, 5.74) is 2.63. The second-order valence-electron chi connectivity index (χ2n) is 8.82. The van der Waals surface area contributed by atoms with Gasteiger partial charge in [0.05, 0.1) is 23.6 Å². The average molecular weight is 613 g/mol. The highest BCUT2D eigenvalue weighted by Gasteiger charge is 2.64. The number of carbonyl (C=O) groups is 3. The largest absolute Gasteiger partial charge is 0.352 e. The number of benzene rings is 3. The lowest BCUT2D eigenvalue weighted by Crippen LogP contribution is -2.48. The third-order valence-electron chi connectivity index (χ3n) is 6.95. The summed E-state index contributed by atoms with van der Waals surface area (Å²) < 4.78 is 1.70. The minimum Gasteiger partial charge on any atom is -0.352 e. The van der Waals surface area contributed by atoms with Crippen molar-refractivity contribution in [2.24, 2.45) is 11.8 Å². The maximum Gasteiger partial charge on any atom is 0.240 e. The molecule has 5 nitrogen and oxygen atoms in total. The zero-order valence-corrected chi connectivity index (χ0v) is 22.0. The van der Waals surface area contributed by atoms with Crippen LogP contribution in [-0.4, -0.2) is 29.7 Å². The van der Waals surface area contributed by atoms with Gasteiger partial charge in [-0.1, -0.05) is 73.8 Å². The third-order valence-corrected chi connectivity index (χ3v) is 8.25. The van der Waals surface area contributed by atoms with E-state index >= 15 is 0 Å². The van der Waals surface area contributed by atoms with Crippen molar-refractivity contribution < 1.29 is 14.4 Å². The molecule has 0 radical (unpaired) electrons. The van der Waals surface area contributed by atoms with Gasteiger partial charge in [-0.25, -0.2) is 4.90 Å². The number of Topliss-reactive ketones (excluding diaryl/α,β-unsaturated/α-hetero) is 1. The Morgan fingerprint density at radius 3 is 2.14 bits per heavy atom. The molecule has 3 heterocycles. The van der Waals surface area contributed by atoms with E-state index in [0.29, 0.717) is 16.3 Å². The maximum absolute atomic E-state index is 14.0. The van der Waals surface area contributed by atoms with Crippen LogP contribution in [0.2, 0.25) is 5.02 Å². The Bertz CT molecular complexity index is 1420. The fourth-order valence-corrected chi connectivity index (χ4v) is 6.16. The topological polar surface area (TPSA) is 57.7 Å². The quantitative estimate of drug-likeness (QED) is 0.264. The van der Waals surface area contributed by atoms with Crippen LogP contribution in [0, 0.1) is 11.8 Å². The van der Waals surface area contributed by atoms with E-state index in [2.05, 4.69) is 31.9 Å². The second kappa shape index (κ2) is 8.43. The average Bonchev–Trinajstić information content (AvgIpc) is 3.33. The lowest BCUT2D eigenvalue weighted by Gasteiger charge is -2.36. The molecule has 2 saturated heterocycles. The highest BCUT2D eigenvalue weighted by atomic mass is 79.9. The minimum absolute atomic E-state index is 0.199. The van der Waals surface area contributed by atoms with Crippen LogP contribution in [0.4, 0.5) is 11.4 Å². The van der Waals surface area contributed by atoms with Gasteiger partial charge in [0.15, 0.2) is 5.78 Å². The molecule has 2 amide bonds. The first-order valence-electron chi connectivity index (χ1n) is 11.0. The van der Waals surface area contributed by atoms with Crippen LogP contribution in [0.15, 0.2) is 81.8 Å². The summed E-state index contributed by atoms with van der Waals surface area (Å²) in [6.45, 7) is 0. The molecule has 0 aromatic heterocycles. The van der Waals surface area contributed by atoms with E-state index in [4.69, 9.17) is 11.6 Å². The first-order valence-corrected chi connectivity index (χ1v) is 13.0. The minimum atomic E-state index is -0.842. The van der Waals surface area contributed by atoms with Crippen molar-refractivity contribution in [3.63, 3.8) is 0 Å². The van der Waals surface area contributed by atoms with E-state index in [1.54, 1.807) is 60.7 Å². The third kappa shape index (κ3) is 3.51. The van der Waals surface area contributed by atoms with Crippen molar-refractivity contribution in [1.82, 2.24) is 0 Å². The van der Waals surface area contributed by atoms with Gasteiger partial charge in [-0.3, -0.25) is 14.4 Å². The summed E-state index contributed by atoms with van der Waals surface area (Å²) in [6, 6.07) is 18.3. The molecule has 0 unspecified atom stereocenters. The summed E-state index contributed by atoms with van der Waals surface area (Å²) >= 11 is 13.1. The van der Waals surface area contributed by atoms with Gasteiger partial charge in [0, 0.05) is 25.2 Å². The molecule has 3 aromatic carbocycles. The van der Waals surface area contributed by atoms with Crippen molar-refractivity contribution >= 4 is 78.5 Å². The number of amides is 2. The summed E-state index contributed by atoms with van der Waals surface area (Å²) in [4.78, 5) is 44.8. The molecule has 3 aliphatic heterocycles. The summed E-state index contributed by atoms with van der Waals surface area (Å²) in [5.74, 6) is -2.35. The molecule has 0 spiro atoms. The number of hydrogen-bond donors (Lipinski definition) is 0. The van der Waals surface area contributed by atoms with Crippen molar-refractivity contribution in [1.29, 1.82) is 0 Å². The SMILES string of the molecule is O=C(c1ccc(Br)cc1)[C@@H]1[C@H]2C(=O)N(c3ccc(Br)cc3)C(=O)[C@@H]2[C@H]2C=Cc3ccc(Cl)cc3N21. The van der Waals surface area contributed by atoms with Gasteiger partial charge in [0.25, 0.3) is 0 Å². The van der Waals surface area contributed by atoms with Gasteiger partial charge in [-0.05, 0) is 54.1 Å². The van der Waals surface area contributed by atoms with Crippen molar-refractivity contribution in [2.75, 3.05) is 9.80 Å². The molecule has 3 aromatic rings. The fourth-order valence-electron chi connectivity index (χ4n) is 5.46. The standard InChI is InChI=1S/C27H17Br2ClN2O3/c28-16-5-1-15(2-6-16)25(33)24-23-22(20-12-4-14-3-9-18(30)13-21(14)32(20)24)26(34)31(27(23)35)19-10-7-17(29)8-11-19/h1-13,20,22-24H/t20-,22-,23+,24+/m1/s1. The number of carbonyl (C=O) groups excluding carboxylic acids is 3. The van der Waals surface area contributed by atoms with Gasteiger partial charge in [0.2, 0.25) is 11.8 Å². The Morgan fingerprint density at radius 1 is 0.829 bits per heavy atom. The lowest BCUT2D eigenvalue weighted by molar-refractivity contribution is -0.122. The van der Waals surface area contributed by atoms with Crippen molar-refractivity contribution in [3.8, 4) is 0 Å². The van der Waals surface area contributed by atoms with Crippen molar-refractivity contribution in [2.45, 2.75) is 12.1 Å². The molecule has 8 heteroatoms. The molecule has 35 heavy (non-hydrogen) atoms. The van der Waals surface area contributed by atoms with Gasteiger partial charge in [-0.2, -0.15) is 0 Å². The molecule has 0 N–H and O–H groups in total. The molecule has 2 fully saturated rings. The van der Waals surface area contributed by atoms with E-state index in [0.717, 1.165) is 20.2 Å². The zero-order valence-electron chi connectivity index (χ0n) is 18.1. The Labute approximate surface area is 223 Å². The number of fused-ring (bicyclic) bond motifs is 5. The molecule has 4 atom stereocenters. The smallest absolute Gasteiger partial charge is 0.240 e. The predicted molar refractivity (Wildman–Crippen MR) is 143 cm³/mol. The first kappa shape index (κ1) is 22.7. The van der Waals surface area contributed by atoms with Gasteiger partial charge in [-0.15, -0.1) is 0 Å². The van der Waals surface area contributed by atoms with Gasteiger partial charge < -0.3 is 4.90 Å². The van der Waals surface area contributed by atoms with E-state index in [9.17, 15) is 14.4 Å². The highest BCUT2D eigenvalue weighted by Crippen LogP contribution is 2.50. The Morgan fingerprint density at radius 2 is 1.46 bits per heavy atom. The lowest BCUT2D eigenvalue weighted by atomic mass is 9.86. The Kier molecular flexibility index (Phi) is 5.47. The van der Waals surface area contributed by atoms with E-state index in [1.165, 1.54) is 4.90 Å². The summed E-state index contributed by atoms with van der Waals surface area (Å²) in [7, 11) is 0.